The van der Waals surface area contributed by atoms with E-state index in [-0.39, 0.29) is 0 Å². The number of hydrogen-bond acceptors (Lipinski definition) is 0. The molecule has 0 heteroatoms. The third-order valence-corrected chi connectivity index (χ3v) is 15.8. The van der Waals surface area contributed by atoms with Crippen LogP contribution in [0.2, 0.25) is 0 Å². The third kappa shape index (κ3) is 6.55. The van der Waals surface area contributed by atoms with Gasteiger partial charge < -0.3 is 0 Å². The Bertz CT molecular complexity index is 4160. The summed E-state index contributed by atoms with van der Waals surface area (Å²) in [6.07, 6.45) is 0. The van der Waals surface area contributed by atoms with Gasteiger partial charge in [0.05, 0.1) is 0 Å². The van der Waals surface area contributed by atoms with Crippen LogP contribution in [0.3, 0.4) is 0 Å². The van der Waals surface area contributed by atoms with Gasteiger partial charge in [-0.1, -0.05) is 255 Å². The van der Waals surface area contributed by atoms with E-state index >= 15 is 0 Å². The second-order valence-corrected chi connectivity index (χ2v) is 19.8. The first kappa shape index (κ1) is 42.1. The van der Waals surface area contributed by atoms with Crippen LogP contribution in [0.15, 0.2) is 279 Å². The van der Waals surface area contributed by atoms with Crippen LogP contribution in [0.5, 0.6) is 0 Å². The summed E-state index contributed by atoms with van der Waals surface area (Å²) in [6, 6.07) is 104. The second-order valence-electron chi connectivity index (χ2n) is 19.8. The van der Waals surface area contributed by atoms with Crippen molar-refractivity contribution in [2.24, 2.45) is 0 Å². The lowest BCUT2D eigenvalue weighted by Gasteiger charge is -2.24. The van der Waals surface area contributed by atoms with E-state index in [2.05, 4.69) is 279 Å². The molecule has 342 valence electrons. The topological polar surface area (TPSA) is 0 Å². The third-order valence-electron chi connectivity index (χ3n) is 15.8. The Morgan fingerprint density at radius 2 is 0.284 bits per heavy atom. The van der Waals surface area contributed by atoms with E-state index in [0.717, 1.165) is 0 Å². The highest BCUT2D eigenvalue weighted by molar-refractivity contribution is 6.34. The van der Waals surface area contributed by atoms with E-state index in [1.54, 1.807) is 0 Å². The zero-order valence-corrected chi connectivity index (χ0v) is 40.6. The molecule has 0 spiro atoms. The van der Waals surface area contributed by atoms with Gasteiger partial charge in [-0.05, 0) is 178 Å². The molecule has 15 rings (SSSR count). The van der Waals surface area contributed by atoms with E-state index in [1.807, 2.05) is 0 Å². The van der Waals surface area contributed by atoms with Gasteiger partial charge in [-0.2, -0.15) is 0 Å². The fraction of sp³-hybridized carbons (Fsp3) is 0. The van der Waals surface area contributed by atoms with Crippen molar-refractivity contribution < 1.29 is 0 Å². The molecule has 0 aliphatic carbocycles. The smallest absolute Gasteiger partial charge is 0.00139 e. The lowest BCUT2D eigenvalue weighted by Crippen LogP contribution is -1.96. The Morgan fingerprint density at radius 3 is 0.486 bits per heavy atom. The molecule has 0 radical (unpaired) electrons. The van der Waals surface area contributed by atoms with Crippen LogP contribution in [0.1, 0.15) is 0 Å². The normalized spacial score (nSPS) is 11.8. The van der Waals surface area contributed by atoms with Gasteiger partial charge in [0.2, 0.25) is 0 Å². The van der Waals surface area contributed by atoms with Crippen LogP contribution >= 0.6 is 0 Å². The Labute approximate surface area is 430 Å². The first-order valence-electron chi connectivity index (χ1n) is 25.7. The van der Waals surface area contributed by atoms with Crippen molar-refractivity contribution in [2.45, 2.75) is 0 Å². The van der Waals surface area contributed by atoms with E-state index in [0.29, 0.717) is 0 Å². The van der Waals surface area contributed by atoms with E-state index < -0.39 is 0 Å². The SMILES string of the molecule is c1ccc(-c2cc(-c3ccccc3)c3ccc4c(-c5ccccc5-c5cc(-c6ccccc6)c6ccc7c(-c8ccccc8)cc(-c8ccccc8)c8ccc5c6c78)cc(-c5ccccc5)c5ccc2c3c54)cc1. The summed E-state index contributed by atoms with van der Waals surface area (Å²) in [5.74, 6) is 0. The fourth-order valence-electron chi connectivity index (χ4n) is 12.5. The molecular weight excluding hydrogens is 889 g/mol. The monoisotopic (exact) mass is 934 g/mol. The number of rotatable bonds is 8. The summed E-state index contributed by atoms with van der Waals surface area (Å²) in [5.41, 5.74) is 19.5. The van der Waals surface area contributed by atoms with Crippen molar-refractivity contribution in [1.82, 2.24) is 0 Å². The molecule has 0 saturated carbocycles. The van der Waals surface area contributed by atoms with Crippen LogP contribution in [0.25, 0.3) is 154 Å². The summed E-state index contributed by atoms with van der Waals surface area (Å²) >= 11 is 0. The standard InChI is InChI=1S/C74H46/c1-7-21-47(22-8-1)63-43-65(49-25-11-3-12-26-49)57-39-41-61-69(45-67(51-29-15-5-16-30-51)59-37-35-55(63)71(57)73(59)61)53-33-19-20-34-54(53)70-46-68(52-31-17-6-18-32-52)60-38-36-56-64(48-23-9-2-10-24-48)44-66(50-27-13-4-14-28-50)58-40-42-62(70)74(60)72(56)58/h1-46H. The highest BCUT2D eigenvalue weighted by Gasteiger charge is 2.25. The van der Waals surface area contributed by atoms with Crippen molar-refractivity contribution in [3.63, 3.8) is 0 Å². The van der Waals surface area contributed by atoms with Gasteiger partial charge in [0.15, 0.2) is 0 Å². The molecule has 0 aromatic heterocycles. The molecule has 0 fully saturated rings. The molecule has 0 aliphatic heterocycles. The zero-order valence-electron chi connectivity index (χ0n) is 40.6. The Balaban J connectivity index is 1.07. The maximum atomic E-state index is 2.48. The first-order valence-corrected chi connectivity index (χ1v) is 25.7. The van der Waals surface area contributed by atoms with Crippen molar-refractivity contribution >= 4 is 64.6 Å². The van der Waals surface area contributed by atoms with Crippen molar-refractivity contribution in [3.05, 3.63) is 279 Å². The largest absolute Gasteiger partial charge is 0.0622 e. The lowest BCUT2D eigenvalue weighted by molar-refractivity contribution is 1.60. The minimum absolute atomic E-state index is 1.20. The molecule has 0 unspecified atom stereocenters. The average molecular weight is 935 g/mol. The second kappa shape index (κ2) is 17.0. The van der Waals surface area contributed by atoms with Gasteiger partial charge in [-0.25, -0.2) is 0 Å². The quantitative estimate of drug-likeness (QED) is 0.133. The molecule has 74 heavy (non-hydrogen) atoms. The van der Waals surface area contributed by atoms with E-state index in [1.165, 1.54) is 154 Å². The van der Waals surface area contributed by atoms with Gasteiger partial charge in [0, 0.05) is 0 Å². The van der Waals surface area contributed by atoms with Gasteiger partial charge >= 0.3 is 0 Å². The van der Waals surface area contributed by atoms with E-state index in [4.69, 9.17) is 0 Å². The molecule has 0 bridgehead atoms. The molecule has 0 saturated heterocycles. The van der Waals surface area contributed by atoms with Crippen molar-refractivity contribution in [2.75, 3.05) is 0 Å². The first-order chi connectivity index (χ1) is 36.7. The summed E-state index contributed by atoms with van der Waals surface area (Å²) in [7, 11) is 0. The molecule has 0 heterocycles. The van der Waals surface area contributed by atoms with Crippen molar-refractivity contribution in [1.29, 1.82) is 0 Å². The van der Waals surface area contributed by atoms with Crippen molar-refractivity contribution in [3.8, 4) is 89.0 Å². The lowest BCUT2D eigenvalue weighted by atomic mass is 9.79. The molecular formula is C74H46. The Morgan fingerprint density at radius 1 is 0.122 bits per heavy atom. The van der Waals surface area contributed by atoms with Crippen LogP contribution in [0.4, 0.5) is 0 Å². The van der Waals surface area contributed by atoms with Crippen LogP contribution < -0.4 is 0 Å². The van der Waals surface area contributed by atoms with Gasteiger partial charge in [0.1, 0.15) is 0 Å². The molecule has 0 atom stereocenters. The fourth-order valence-corrected chi connectivity index (χ4v) is 12.5. The summed E-state index contributed by atoms with van der Waals surface area (Å²) in [4.78, 5) is 0. The molecule has 15 aromatic rings. The molecule has 0 N–H and O–H groups in total. The molecule has 15 aromatic carbocycles. The minimum atomic E-state index is 1.20. The average Bonchev–Trinajstić information content (AvgIpc) is 3.50. The summed E-state index contributed by atoms with van der Waals surface area (Å²) in [5, 5.41) is 15.2. The number of hydrogen-bond donors (Lipinski definition) is 0. The summed E-state index contributed by atoms with van der Waals surface area (Å²) in [6.45, 7) is 0. The van der Waals surface area contributed by atoms with E-state index in [9.17, 15) is 0 Å². The molecule has 0 nitrogen and oxygen atoms in total. The maximum Gasteiger partial charge on any atom is -0.00139 e. The Kier molecular flexibility index (Phi) is 9.68. The van der Waals surface area contributed by atoms with Gasteiger partial charge in [-0.15, -0.1) is 0 Å². The highest BCUT2D eigenvalue weighted by Crippen LogP contribution is 2.53. The van der Waals surface area contributed by atoms with Gasteiger partial charge in [0.25, 0.3) is 0 Å². The predicted octanol–water partition coefficient (Wildman–Crippen LogP) is 20.8. The van der Waals surface area contributed by atoms with Crippen LogP contribution in [-0.4, -0.2) is 0 Å². The predicted molar refractivity (Wildman–Crippen MR) is 317 cm³/mol. The minimum Gasteiger partial charge on any atom is -0.0622 e. The maximum absolute atomic E-state index is 2.48. The molecule has 0 aliphatic rings. The molecule has 0 amide bonds. The van der Waals surface area contributed by atoms with Crippen LogP contribution in [0, 0.1) is 0 Å². The Hall–Kier alpha value is -9.62. The summed E-state index contributed by atoms with van der Waals surface area (Å²) < 4.78 is 0. The zero-order chi connectivity index (χ0) is 48.7. The van der Waals surface area contributed by atoms with Crippen LogP contribution in [-0.2, 0) is 0 Å². The number of benzene rings is 15. The van der Waals surface area contributed by atoms with Gasteiger partial charge in [-0.3, -0.25) is 0 Å². The highest BCUT2D eigenvalue weighted by atomic mass is 14.3.